The van der Waals surface area contributed by atoms with E-state index in [1.54, 1.807) is 35.0 Å². The highest BCUT2D eigenvalue weighted by atomic mass is 35.5. The molecule has 0 aliphatic rings. The van der Waals surface area contributed by atoms with Gasteiger partial charge < -0.3 is 9.30 Å². The summed E-state index contributed by atoms with van der Waals surface area (Å²) in [6, 6.07) is 16.0. The highest BCUT2D eigenvalue weighted by molar-refractivity contribution is 6.35. The molecule has 0 aliphatic heterocycles. The van der Waals surface area contributed by atoms with E-state index in [-0.39, 0.29) is 17.9 Å². The van der Waals surface area contributed by atoms with Crippen molar-refractivity contribution in [3.05, 3.63) is 86.8 Å². The molecule has 7 heteroatoms. The molecule has 5 nitrogen and oxygen atoms in total. The van der Waals surface area contributed by atoms with Crippen molar-refractivity contribution in [1.82, 2.24) is 4.57 Å². The molecule has 1 heterocycles. The minimum absolute atomic E-state index is 0.108. The molecule has 0 unspecified atom stereocenters. The van der Waals surface area contributed by atoms with Crippen LogP contribution in [0.4, 0.5) is 10.5 Å². The Morgan fingerprint density at radius 1 is 1.10 bits per heavy atom. The second-order valence-electron chi connectivity index (χ2n) is 6.81. The van der Waals surface area contributed by atoms with Gasteiger partial charge in [0.15, 0.2) is 0 Å². The largest absolute Gasteiger partial charge is 0.444 e. The second kappa shape index (κ2) is 10.3. The van der Waals surface area contributed by atoms with E-state index < -0.39 is 6.09 Å². The summed E-state index contributed by atoms with van der Waals surface area (Å²) in [6.07, 6.45) is 2.78. The van der Waals surface area contributed by atoms with Crippen molar-refractivity contribution in [2.75, 3.05) is 5.32 Å². The monoisotopic (exact) mass is 444 g/mol. The van der Waals surface area contributed by atoms with Gasteiger partial charge in [-0.3, -0.25) is 10.1 Å². The zero-order valence-electron chi connectivity index (χ0n) is 16.5. The molecule has 0 spiro atoms. The molecule has 3 rings (SSSR count). The first-order chi connectivity index (χ1) is 14.5. The normalized spacial score (nSPS) is 10.6. The van der Waals surface area contributed by atoms with Crippen LogP contribution in [-0.2, 0) is 17.9 Å². The molecule has 156 valence electrons. The zero-order chi connectivity index (χ0) is 21.5. The van der Waals surface area contributed by atoms with Gasteiger partial charge in [0.05, 0.1) is 0 Å². The van der Waals surface area contributed by atoms with Crippen LogP contribution in [0.1, 0.15) is 25.3 Å². The van der Waals surface area contributed by atoms with E-state index in [1.165, 1.54) is 0 Å². The number of nitrogens with zero attached hydrogens (tertiary/aromatic N) is 1. The maximum absolute atomic E-state index is 12.9. The lowest BCUT2D eigenvalue weighted by Crippen LogP contribution is -2.26. The van der Waals surface area contributed by atoms with Crippen LogP contribution in [-0.4, -0.2) is 10.7 Å². The number of halogens is 2. The standard InChI is InChI=1S/C23H22Cl2N2O3/c1-2-3-11-27-14-17(19-13-18(24)9-10-20(19)25)12-21(22(27)28)26-23(29)30-15-16-7-5-4-6-8-16/h4-10,12-14H,2-3,11,15H2,1H3,(H,26,29). The smallest absolute Gasteiger partial charge is 0.412 e. The predicted octanol–water partition coefficient (Wildman–Crippen LogP) is 6.37. The first-order valence-corrected chi connectivity index (χ1v) is 10.4. The number of aromatic nitrogens is 1. The fraction of sp³-hybridized carbons (Fsp3) is 0.217. The highest BCUT2D eigenvalue weighted by Gasteiger charge is 2.14. The van der Waals surface area contributed by atoms with Crippen molar-refractivity contribution < 1.29 is 9.53 Å². The van der Waals surface area contributed by atoms with Crippen LogP contribution < -0.4 is 10.9 Å². The molecule has 0 atom stereocenters. The summed E-state index contributed by atoms with van der Waals surface area (Å²) in [5.41, 5.74) is 2.03. The van der Waals surface area contributed by atoms with Crippen LogP contribution in [0.3, 0.4) is 0 Å². The molecule has 0 saturated heterocycles. The number of pyridine rings is 1. The maximum atomic E-state index is 12.9. The Hall–Kier alpha value is -2.76. The van der Waals surface area contributed by atoms with E-state index >= 15 is 0 Å². The minimum atomic E-state index is -0.702. The van der Waals surface area contributed by atoms with Gasteiger partial charge >= 0.3 is 6.09 Å². The molecular formula is C23H22Cl2N2O3. The fourth-order valence-corrected chi connectivity index (χ4v) is 3.35. The van der Waals surface area contributed by atoms with Crippen molar-refractivity contribution >= 4 is 35.0 Å². The molecule has 2 aromatic carbocycles. The number of amides is 1. The van der Waals surface area contributed by atoms with Gasteiger partial charge in [-0.1, -0.05) is 66.9 Å². The van der Waals surface area contributed by atoms with Gasteiger partial charge in [-0.2, -0.15) is 0 Å². The number of carbonyl (C=O) groups excluding carboxylic acids is 1. The minimum Gasteiger partial charge on any atom is -0.444 e. The van der Waals surface area contributed by atoms with Gasteiger partial charge in [-0.15, -0.1) is 0 Å². The van der Waals surface area contributed by atoms with Crippen molar-refractivity contribution in [3.8, 4) is 11.1 Å². The molecule has 1 amide bonds. The van der Waals surface area contributed by atoms with E-state index in [2.05, 4.69) is 5.32 Å². The van der Waals surface area contributed by atoms with Crippen molar-refractivity contribution in [3.63, 3.8) is 0 Å². The van der Waals surface area contributed by atoms with Crippen LogP contribution in [0.5, 0.6) is 0 Å². The molecule has 0 fully saturated rings. The third kappa shape index (κ3) is 5.65. The van der Waals surface area contributed by atoms with Gasteiger partial charge in [0.2, 0.25) is 0 Å². The lowest BCUT2D eigenvalue weighted by Gasteiger charge is -2.14. The van der Waals surface area contributed by atoms with Gasteiger partial charge in [0.25, 0.3) is 5.56 Å². The number of ether oxygens (including phenoxy) is 1. The summed E-state index contributed by atoms with van der Waals surface area (Å²) in [4.78, 5) is 25.2. The number of unbranched alkanes of at least 4 members (excludes halogenated alkanes) is 1. The van der Waals surface area contributed by atoms with E-state index in [4.69, 9.17) is 27.9 Å². The van der Waals surface area contributed by atoms with Gasteiger partial charge in [-0.25, -0.2) is 4.79 Å². The third-order valence-electron chi connectivity index (χ3n) is 4.53. The Balaban J connectivity index is 1.89. The lowest BCUT2D eigenvalue weighted by atomic mass is 10.1. The SMILES string of the molecule is CCCCn1cc(-c2cc(Cl)ccc2Cl)cc(NC(=O)OCc2ccccc2)c1=O. The third-order valence-corrected chi connectivity index (χ3v) is 5.09. The number of anilines is 1. The van der Waals surface area contributed by atoms with Crippen LogP contribution in [0.25, 0.3) is 11.1 Å². The van der Waals surface area contributed by atoms with E-state index in [0.29, 0.717) is 27.7 Å². The molecule has 0 saturated carbocycles. The summed E-state index contributed by atoms with van der Waals surface area (Å²) in [5, 5.41) is 3.59. The molecule has 1 aromatic heterocycles. The van der Waals surface area contributed by atoms with Gasteiger partial charge in [0, 0.05) is 33.9 Å². The topological polar surface area (TPSA) is 60.3 Å². The van der Waals surface area contributed by atoms with E-state index in [9.17, 15) is 9.59 Å². The van der Waals surface area contributed by atoms with Crippen LogP contribution in [0, 0.1) is 0 Å². The number of hydrogen-bond donors (Lipinski definition) is 1. The number of rotatable bonds is 7. The first-order valence-electron chi connectivity index (χ1n) is 9.65. The first kappa shape index (κ1) is 21.9. The number of benzene rings is 2. The summed E-state index contributed by atoms with van der Waals surface area (Å²) >= 11 is 12.5. The van der Waals surface area contributed by atoms with Crippen molar-refractivity contribution in [1.29, 1.82) is 0 Å². The lowest BCUT2D eigenvalue weighted by molar-refractivity contribution is 0.155. The molecule has 3 aromatic rings. The Labute approximate surface area is 185 Å². The molecule has 1 N–H and O–H groups in total. The van der Waals surface area contributed by atoms with Crippen LogP contribution in [0.15, 0.2) is 65.6 Å². The fourth-order valence-electron chi connectivity index (χ4n) is 2.96. The molecule has 30 heavy (non-hydrogen) atoms. The van der Waals surface area contributed by atoms with Crippen molar-refractivity contribution in [2.45, 2.75) is 32.9 Å². The molecule has 0 radical (unpaired) electrons. The number of nitrogens with one attached hydrogen (secondary N) is 1. The van der Waals surface area contributed by atoms with Gasteiger partial charge in [-0.05, 0) is 36.2 Å². The maximum Gasteiger partial charge on any atom is 0.412 e. The second-order valence-corrected chi connectivity index (χ2v) is 7.65. The molecule has 0 aliphatic carbocycles. The zero-order valence-corrected chi connectivity index (χ0v) is 18.0. The van der Waals surface area contributed by atoms with Crippen LogP contribution >= 0.6 is 23.2 Å². The summed E-state index contributed by atoms with van der Waals surface area (Å²) in [7, 11) is 0. The Bertz CT molecular complexity index is 1080. The summed E-state index contributed by atoms with van der Waals surface area (Å²) in [6.45, 7) is 2.68. The number of aryl methyl sites for hydroxylation is 1. The Morgan fingerprint density at radius 2 is 1.87 bits per heavy atom. The predicted molar refractivity (Wildman–Crippen MR) is 121 cm³/mol. The summed E-state index contributed by atoms with van der Waals surface area (Å²) < 4.78 is 6.82. The van der Waals surface area contributed by atoms with E-state index in [1.807, 2.05) is 37.3 Å². The summed E-state index contributed by atoms with van der Waals surface area (Å²) in [5.74, 6) is 0. The van der Waals surface area contributed by atoms with Crippen molar-refractivity contribution in [2.24, 2.45) is 0 Å². The Kier molecular flexibility index (Phi) is 7.55. The van der Waals surface area contributed by atoms with Crippen LogP contribution in [0.2, 0.25) is 10.0 Å². The quantitative estimate of drug-likeness (QED) is 0.460. The molecule has 0 bridgehead atoms. The van der Waals surface area contributed by atoms with E-state index in [0.717, 1.165) is 18.4 Å². The average molecular weight is 445 g/mol. The number of carbonyl (C=O) groups is 1. The highest BCUT2D eigenvalue weighted by Crippen LogP contribution is 2.31. The number of hydrogen-bond acceptors (Lipinski definition) is 3. The average Bonchev–Trinajstić information content (AvgIpc) is 2.75. The Morgan fingerprint density at radius 3 is 2.60 bits per heavy atom. The molecular weight excluding hydrogens is 423 g/mol. The van der Waals surface area contributed by atoms with Gasteiger partial charge in [0.1, 0.15) is 12.3 Å².